The Morgan fingerprint density at radius 1 is 0.857 bits per heavy atom. The van der Waals surface area contributed by atoms with Crippen molar-refractivity contribution in [3.05, 3.63) is 131 Å². The fourth-order valence-corrected chi connectivity index (χ4v) is 5.60. The third-order valence-corrected chi connectivity index (χ3v) is 7.47. The van der Waals surface area contributed by atoms with Gasteiger partial charge in [-0.3, -0.25) is 4.79 Å². The van der Waals surface area contributed by atoms with E-state index in [0.29, 0.717) is 12.1 Å². The van der Waals surface area contributed by atoms with Crippen molar-refractivity contribution < 1.29 is 4.79 Å². The van der Waals surface area contributed by atoms with E-state index in [0.717, 1.165) is 33.8 Å². The van der Waals surface area contributed by atoms with Gasteiger partial charge in [0.25, 0.3) is 0 Å². The van der Waals surface area contributed by atoms with E-state index >= 15 is 0 Å². The number of nitrogens with zero attached hydrogens (tertiary/aromatic N) is 1. The van der Waals surface area contributed by atoms with E-state index in [1.54, 1.807) is 17.4 Å². The molecule has 0 aliphatic carbocycles. The Balaban J connectivity index is 1.55. The van der Waals surface area contributed by atoms with Gasteiger partial charge < -0.3 is 10.3 Å². The number of hydrogen-bond acceptors (Lipinski definition) is 2. The van der Waals surface area contributed by atoms with Crippen LogP contribution in [0.15, 0.2) is 102 Å². The molecule has 0 atom stereocenters. The minimum Gasteiger partial charge on any atom is -0.366 e. The first-order chi connectivity index (χ1) is 17.2. The Morgan fingerprint density at radius 2 is 1.66 bits per heavy atom. The molecule has 2 N–H and O–H groups in total. The lowest BCUT2D eigenvalue weighted by Gasteiger charge is -2.13. The monoisotopic (exact) mass is 471 g/mol. The predicted molar refractivity (Wildman–Crippen MR) is 145 cm³/mol. The largest absolute Gasteiger partial charge is 0.366 e. The lowest BCUT2D eigenvalue weighted by molar-refractivity contribution is 0.100. The number of amides is 1. The highest BCUT2D eigenvalue weighted by Gasteiger charge is 2.18. The van der Waals surface area contributed by atoms with E-state index in [-0.39, 0.29) is 0 Å². The molecule has 0 saturated carbocycles. The lowest BCUT2D eigenvalue weighted by atomic mass is 9.99. The Hall–Kier alpha value is -4.15. The van der Waals surface area contributed by atoms with Crippen LogP contribution < -0.4 is 5.73 Å². The smallest absolute Gasteiger partial charge is 0.249 e. The van der Waals surface area contributed by atoms with Crippen molar-refractivity contribution in [3.63, 3.8) is 0 Å². The van der Waals surface area contributed by atoms with Crippen LogP contribution in [0.4, 0.5) is 0 Å². The highest BCUT2D eigenvalue weighted by Crippen LogP contribution is 2.36. The van der Waals surface area contributed by atoms with Crippen molar-refractivity contribution in [3.8, 4) is 10.4 Å². The molecule has 6 rings (SSSR count). The molecule has 2 heterocycles. The second-order valence-corrected chi connectivity index (χ2v) is 9.65. The molecule has 0 aliphatic rings. The number of carbonyl (C=O) groups excluding carboxylic acids is 1. The van der Waals surface area contributed by atoms with Crippen molar-refractivity contribution in [1.82, 2.24) is 4.57 Å². The molecule has 6 aromatic rings. The highest BCUT2D eigenvalue weighted by atomic mass is 32.1. The van der Waals surface area contributed by atoms with Crippen molar-refractivity contribution in [2.24, 2.45) is 5.73 Å². The maximum atomic E-state index is 12.3. The van der Waals surface area contributed by atoms with Crippen LogP contribution >= 0.6 is 11.3 Å². The molecule has 4 heteroatoms. The van der Waals surface area contributed by atoms with Gasteiger partial charge in [-0.25, -0.2) is 0 Å². The molecule has 3 nitrogen and oxygen atoms in total. The van der Waals surface area contributed by atoms with Crippen LogP contribution in [0.1, 0.15) is 27.0 Å². The van der Waals surface area contributed by atoms with E-state index < -0.39 is 5.91 Å². The van der Waals surface area contributed by atoms with Gasteiger partial charge in [-0.2, -0.15) is 0 Å². The normalized spacial score (nSPS) is 11.3. The summed E-state index contributed by atoms with van der Waals surface area (Å²) in [5.41, 5.74) is 13.3. The maximum absolute atomic E-state index is 12.3. The van der Waals surface area contributed by atoms with Crippen LogP contribution in [0.3, 0.4) is 0 Å². The average molecular weight is 472 g/mol. The molecule has 1 radical (unpaired) electrons. The zero-order chi connectivity index (χ0) is 23.8. The average Bonchev–Trinajstić information content (AvgIpc) is 3.53. The van der Waals surface area contributed by atoms with Crippen LogP contribution in [0.5, 0.6) is 0 Å². The van der Waals surface area contributed by atoms with Crippen molar-refractivity contribution in [2.75, 3.05) is 0 Å². The van der Waals surface area contributed by atoms with E-state index in [9.17, 15) is 4.79 Å². The molecule has 0 fully saturated rings. The molecule has 4 aromatic carbocycles. The second kappa shape index (κ2) is 8.90. The summed E-state index contributed by atoms with van der Waals surface area (Å²) in [6.07, 6.45) is 0.868. The first-order valence-electron chi connectivity index (χ1n) is 11.6. The summed E-state index contributed by atoms with van der Waals surface area (Å²) in [6.45, 7) is 0.687. The van der Waals surface area contributed by atoms with Crippen LogP contribution in [0.25, 0.3) is 32.2 Å². The standard InChI is InChI=1S/C31H23N2OS/c32-31(34)26-12-6-13-27-30(26)25-16-15-23(29-14-7-17-35-29)19-28(25)33(27)20-24-11-5-4-10-22(24)18-21-8-2-1-3-9-21/h1-15,17,19H,18,20H2,(H2,32,34). The van der Waals surface area contributed by atoms with E-state index in [1.807, 2.05) is 18.2 Å². The van der Waals surface area contributed by atoms with Gasteiger partial charge in [0.05, 0.1) is 11.0 Å². The minimum absolute atomic E-state index is 0.421. The Labute approximate surface area is 208 Å². The van der Waals surface area contributed by atoms with Gasteiger partial charge in [-0.1, -0.05) is 66.7 Å². The number of thiophene rings is 1. The topological polar surface area (TPSA) is 48.0 Å². The van der Waals surface area contributed by atoms with Crippen LogP contribution in [-0.2, 0) is 13.0 Å². The summed E-state index contributed by atoms with van der Waals surface area (Å²) in [4.78, 5) is 13.5. The molecule has 1 amide bonds. The number of primary amides is 1. The highest BCUT2D eigenvalue weighted by molar-refractivity contribution is 7.13. The van der Waals surface area contributed by atoms with Gasteiger partial charge in [0.15, 0.2) is 0 Å². The summed E-state index contributed by atoms with van der Waals surface area (Å²) in [5, 5.41) is 3.88. The third-order valence-electron chi connectivity index (χ3n) is 6.55. The van der Waals surface area contributed by atoms with Crippen molar-refractivity contribution in [1.29, 1.82) is 0 Å². The molecular formula is C31H23N2OS. The molecule has 0 unspecified atom stereocenters. The third kappa shape index (κ3) is 3.92. The predicted octanol–water partition coefficient (Wildman–Crippen LogP) is 7.06. The SMILES string of the molecule is NC(=O)c1cccc2c1c1[c]cc(-c3cccs3)cc1n2Cc1ccccc1Cc1ccccc1. The minimum atomic E-state index is -0.421. The van der Waals surface area contributed by atoms with Gasteiger partial charge in [0.1, 0.15) is 0 Å². The lowest BCUT2D eigenvalue weighted by Crippen LogP contribution is -2.11. The zero-order valence-electron chi connectivity index (χ0n) is 19.1. The summed E-state index contributed by atoms with van der Waals surface area (Å²) < 4.78 is 2.30. The fraction of sp³-hybridized carbons (Fsp3) is 0.0645. The molecule has 0 saturated heterocycles. The first kappa shape index (κ1) is 21.4. The Kier molecular flexibility index (Phi) is 5.44. The van der Waals surface area contributed by atoms with E-state index in [2.05, 4.69) is 88.8 Å². The van der Waals surface area contributed by atoms with Gasteiger partial charge in [-0.05, 0) is 70.5 Å². The molecule has 0 spiro atoms. The van der Waals surface area contributed by atoms with Crippen LogP contribution in [0, 0.1) is 6.07 Å². The van der Waals surface area contributed by atoms with Crippen LogP contribution in [-0.4, -0.2) is 10.5 Å². The summed E-state index contributed by atoms with van der Waals surface area (Å²) >= 11 is 1.71. The van der Waals surface area contributed by atoms with Gasteiger partial charge in [-0.15, -0.1) is 11.3 Å². The fourth-order valence-electron chi connectivity index (χ4n) is 4.89. The number of hydrogen-bond donors (Lipinski definition) is 1. The summed E-state index contributed by atoms with van der Waals surface area (Å²) in [6, 6.07) is 36.8. The van der Waals surface area contributed by atoms with Crippen molar-refractivity contribution in [2.45, 2.75) is 13.0 Å². The number of aromatic nitrogens is 1. The van der Waals surface area contributed by atoms with E-state index in [4.69, 9.17) is 5.73 Å². The van der Waals surface area contributed by atoms with Gasteiger partial charge >= 0.3 is 0 Å². The van der Waals surface area contributed by atoms with Crippen molar-refractivity contribution >= 4 is 39.0 Å². The molecule has 2 aromatic heterocycles. The quantitative estimate of drug-likeness (QED) is 0.278. The zero-order valence-corrected chi connectivity index (χ0v) is 19.9. The molecule has 35 heavy (non-hydrogen) atoms. The molecule has 0 bridgehead atoms. The van der Waals surface area contributed by atoms with Gasteiger partial charge in [0, 0.05) is 27.8 Å². The summed E-state index contributed by atoms with van der Waals surface area (Å²) in [5.74, 6) is -0.421. The maximum Gasteiger partial charge on any atom is 0.249 e. The number of carbonyl (C=O) groups is 1. The summed E-state index contributed by atoms with van der Waals surface area (Å²) in [7, 11) is 0. The second-order valence-electron chi connectivity index (χ2n) is 8.71. The first-order valence-corrected chi connectivity index (χ1v) is 12.5. The molecule has 169 valence electrons. The number of fused-ring (bicyclic) bond motifs is 3. The molecule has 0 aliphatic heterocycles. The van der Waals surface area contributed by atoms with E-state index in [1.165, 1.54) is 21.6 Å². The Bertz CT molecular complexity index is 1660. The van der Waals surface area contributed by atoms with Gasteiger partial charge in [0.2, 0.25) is 5.91 Å². The Morgan fingerprint density at radius 3 is 2.43 bits per heavy atom. The number of nitrogens with two attached hydrogens (primary N) is 1. The molecular weight excluding hydrogens is 448 g/mol. The number of rotatable bonds is 6. The van der Waals surface area contributed by atoms with Crippen LogP contribution in [0.2, 0.25) is 0 Å². The number of benzene rings is 4.